The monoisotopic (exact) mass is 371 g/mol. The van der Waals surface area contributed by atoms with Gasteiger partial charge in [-0.15, -0.1) is 0 Å². The van der Waals surface area contributed by atoms with E-state index >= 15 is 0 Å². The van der Waals surface area contributed by atoms with Crippen molar-refractivity contribution in [2.75, 3.05) is 0 Å². The Morgan fingerprint density at radius 2 is 1.90 bits per heavy atom. The molecular formula is C18H27BrClN. The molecule has 1 nitrogen and oxygen atoms in total. The SMILES string of the molecule is CCC(C)(C)C1CCC(NCc2cc(Br)ccc2Cl)CC1. The fraction of sp³-hybridized carbons (Fsp3) is 0.667. The number of nitrogens with one attached hydrogen (secondary N) is 1. The lowest BCUT2D eigenvalue weighted by molar-refractivity contribution is 0.137. The van der Waals surface area contributed by atoms with E-state index in [-0.39, 0.29) is 0 Å². The van der Waals surface area contributed by atoms with E-state index < -0.39 is 0 Å². The first-order chi connectivity index (χ1) is 9.92. The van der Waals surface area contributed by atoms with Crippen LogP contribution in [0.3, 0.4) is 0 Å². The summed E-state index contributed by atoms with van der Waals surface area (Å²) in [6, 6.07) is 6.71. The van der Waals surface area contributed by atoms with E-state index in [4.69, 9.17) is 11.6 Å². The summed E-state index contributed by atoms with van der Waals surface area (Å²) in [4.78, 5) is 0. The fourth-order valence-electron chi connectivity index (χ4n) is 3.30. The van der Waals surface area contributed by atoms with Gasteiger partial charge in [0.1, 0.15) is 0 Å². The van der Waals surface area contributed by atoms with Crippen molar-refractivity contribution in [1.82, 2.24) is 5.32 Å². The summed E-state index contributed by atoms with van der Waals surface area (Å²) in [6.07, 6.45) is 6.57. The summed E-state index contributed by atoms with van der Waals surface area (Å²) in [5.74, 6) is 0.884. The number of benzene rings is 1. The van der Waals surface area contributed by atoms with Crippen LogP contribution in [0.4, 0.5) is 0 Å². The van der Waals surface area contributed by atoms with E-state index in [1.165, 1.54) is 37.7 Å². The van der Waals surface area contributed by atoms with Gasteiger partial charge in [0.25, 0.3) is 0 Å². The standard InChI is InChI=1S/C18H27BrClN/c1-4-18(2,3)14-5-8-16(9-6-14)21-12-13-11-15(19)7-10-17(13)20/h7,10-11,14,16,21H,4-6,8-9,12H2,1-3H3. The van der Waals surface area contributed by atoms with Crippen LogP contribution in [0, 0.1) is 11.3 Å². The molecule has 0 amide bonds. The second-order valence-corrected chi connectivity index (χ2v) is 8.33. The molecule has 1 aromatic carbocycles. The smallest absolute Gasteiger partial charge is 0.0451 e. The number of hydrogen-bond donors (Lipinski definition) is 1. The molecule has 0 radical (unpaired) electrons. The summed E-state index contributed by atoms with van der Waals surface area (Å²) in [5.41, 5.74) is 1.68. The van der Waals surface area contributed by atoms with Crippen LogP contribution in [0.2, 0.25) is 5.02 Å². The highest BCUT2D eigenvalue weighted by Gasteiger charge is 2.31. The number of halogens is 2. The lowest BCUT2D eigenvalue weighted by Crippen LogP contribution is -2.36. The van der Waals surface area contributed by atoms with E-state index in [2.05, 4.69) is 48.1 Å². The van der Waals surface area contributed by atoms with Gasteiger partial charge in [0.2, 0.25) is 0 Å². The molecule has 0 bridgehead atoms. The van der Waals surface area contributed by atoms with Gasteiger partial charge in [-0.05, 0) is 60.8 Å². The first-order valence-electron chi connectivity index (χ1n) is 8.09. The Morgan fingerprint density at radius 1 is 1.24 bits per heavy atom. The van der Waals surface area contributed by atoms with Crippen molar-refractivity contribution in [2.24, 2.45) is 11.3 Å². The fourth-order valence-corrected chi connectivity index (χ4v) is 3.89. The average molecular weight is 373 g/mol. The van der Waals surface area contributed by atoms with Gasteiger partial charge in [-0.1, -0.05) is 54.7 Å². The predicted octanol–water partition coefficient (Wildman–Crippen LogP) is 6.19. The highest BCUT2D eigenvalue weighted by molar-refractivity contribution is 9.10. The maximum Gasteiger partial charge on any atom is 0.0451 e. The molecule has 0 aromatic heterocycles. The molecule has 2 rings (SSSR count). The zero-order valence-electron chi connectivity index (χ0n) is 13.4. The van der Waals surface area contributed by atoms with Gasteiger partial charge in [-0.3, -0.25) is 0 Å². The molecule has 3 heteroatoms. The molecule has 0 atom stereocenters. The van der Waals surface area contributed by atoms with Gasteiger partial charge < -0.3 is 5.32 Å². The Balaban J connectivity index is 1.83. The molecule has 0 heterocycles. The first-order valence-corrected chi connectivity index (χ1v) is 9.27. The maximum atomic E-state index is 6.25. The van der Waals surface area contributed by atoms with Crippen molar-refractivity contribution in [3.05, 3.63) is 33.3 Å². The second kappa shape index (κ2) is 7.48. The Morgan fingerprint density at radius 3 is 2.52 bits per heavy atom. The van der Waals surface area contributed by atoms with Crippen LogP contribution in [0.1, 0.15) is 58.4 Å². The Labute approximate surface area is 143 Å². The van der Waals surface area contributed by atoms with E-state index in [0.717, 1.165) is 22.0 Å². The molecule has 21 heavy (non-hydrogen) atoms. The van der Waals surface area contributed by atoms with Gasteiger partial charge in [-0.25, -0.2) is 0 Å². The third-order valence-electron chi connectivity index (χ3n) is 5.33. The van der Waals surface area contributed by atoms with Crippen molar-refractivity contribution in [2.45, 2.75) is 65.5 Å². The van der Waals surface area contributed by atoms with Crippen LogP contribution in [0.25, 0.3) is 0 Å². The van der Waals surface area contributed by atoms with Gasteiger partial charge >= 0.3 is 0 Å². The molecule has 1 N–H and O–H groups in total. The molecule has 1 aliphatic carbocycles. The van der Waals surface area contributed by atoms with Crippen molar-refractivity contribution in [3.8, 4) is 0 Å². The summed E-state index contributed by atoms with van der Waals surface area (Å²) in [7, 11) is 0. The maximum absolute atomic E-state index is 6.25. The minimum absolute atomic E-state index is 0.499. The van der Waals surface area contributed by atoms with E-state index in [0.29, 0.717) is 11.5 Å². The van der Waals surface area contributed by atoms with Gasteiger partial charge in [-0.2, -0.15) is 0 Å². The molecule has 1 fully saturated rings. The molecule has 118 valence electrons. The van der Waals surface area contributed by atoms with Crippen LogP contribution >= 0.6 is 27.5 Å². The van der Waals surface area contributed by atoms with Crippen LogP contribution < -0.4 is 5.32 Å². The Kier molecular flexibility index (Phi) is 6.16. The van der Waals surface area contributed by atoms with Crippen molar-refractivity contribution in [3.63, 3.8) is 0 Å². The largest absolute Gasteiger partial charge is 0.310 e. The number of rotatable bonds is 5. The van der Waals surface area contributed by atoms with Gasteiger partial charge in [0.05, 0.1) is 0 Å². The quantitative estimate of drug-likeness (QED) is 0.650. The van der Waals surface area contributed by atoms with Crippen molar-refractivity contribution < 1.29 is 0 Å². The first kappa shape index (κ1) is 17.3. The minimum atomic E-state index is 0.499. The zero-order valence-corrected chi connectivity index (χ0v) is 15.7. The third kappa shape index (κ3) is 4.71. The molecule has 0 spiro atoms. The Hall–Kier alpha value is -0.0500. The van der Waals surface area contributed by atoms with E-state index in [1.54, 1.807) is 0 Å². The predicted molar refractivity (Wildman–Crippen MR) is 95.8 cm³/mol. The highest BCUT2D eigenvalue weighted by Crippen LogP contribution is 2.40. The minimum Gasteiger partial charge on any atom is -0.310 e. The molecule has 0 unspecified atom stereocenters. The van der Waals surface area contributed by atoms with E-state index in [9.17, 15) is 0 Å². The van der Waals surface area contributed by atoms with Crippen molar-refractivity contribution in [1.29, 1.82) is 0 Å². The summed E-state index contributed by atoms with van der Waals surface area (Å²) in [5, 5.41) is 4.54. The van der Waals surface area contributed by atoms with Gasteiger partial charge in [0.15, 0.2) is 0 Å². The van der Waals surface area contributed by atoms with E-state index in [1.807, 2.05) is 12.1 Å². The summed E-state index contributed by atoms with van der Waals surface area (Å²) < 4.78 is 1.09. The molecule has 0 aliphatic heterocycles. The topological polar surface area (TPSA) is 12.0 Å². The zero-order chi connectivity index (χ0) is 15.5. The Bertz CT molecular complexity index is 464. The molecule has 0 saturated heterocycles. The molecular weight excluding hydrogens is 346 g/mol. The third-order valence-corrected chi connectivity index (χ3v) is 6.19. The van der Waals surface area contributed by atoms with Crippen LogP contribution in [-0.4, -0.2) is 6.04 Å². The molecule has 1 aromatic rings. The average Bonchev–Trinajstić information content (AvgIpc) is 2.48. The molecule has 1 saturated carbocycles. The van der Waals surface area contributed by atoms with Crippen LogP contribution in [0.5, 0.6) is 0 Å². The van der Waals surface area contributed by atoms with Crippen LogP contribution in [0.15, 0.2) is 22.7 Å². The summed E-state index contributed by atoms with van der Waals surface area (Å²) >= 11 is 9.77. The lowest BCUT2D eigenvalue weighted by Gasteiger charge is -2.39. The van der Waals surface area contributed by atoms with Crippen molar-refractivity contribution >= 4 is 27.5 Å². The summed E-state index contributed by atoms with van der Waals surface area (Å²) in [6.45, 7) is 8.03. The number of hydrogen-bond acceptors (Lipinski definition) is 1. The normalized spacial score (nSPS) is 23.3. The van der Waals surface area contributed by atoms with Gasteiger partial charge in [0, 0.05) is 22.1 Å². The second-order valence-electron chi connectivity index (χ2n) is 7.01. The highest BCUT2D eigenvalue weighted by atomic mass is 79.9. The molecule has 1 aliphatic rings. The lowest BCUT2D eigenvalue weighted by atomic mass is 9.69. The van der Waals surface area contributed by atoms with Crippen LogP contribution in [-0.2, 0) is 6.54 Å².